The molecule has 2 aromatic heterocycles. The minimum atomic E-state index is -0.936. The molecule has 1 fully saturated rings. The number of carbonyl (C=O) groups excluding carboxylic acids is 2. The number of aliphatic hydroxyl groups is 1. The molecular weight excluding hydrogens is 522 g/mol. The van der Waals surface area contributed by atoms with Gasteiger partial charge in [-0.1, -0.05) is 6.07 Å². The highest BCUT2D eigenvalue weighted by molar-refractivity contribution is 5.81. The topological polar surface area (TPSA) is 119 Å². The Morgan fingerprint density at radius 1 is 1.24 bits per heavy atom. The van der Waals surface area contributed by atoms with Crippen LogP contribution in [0.5, 0.6) is 0 Å². The number of aliphatic hydroxyl groups excluding tert-OH is 1. The van der Waals surface area contributed by atoms with Gasteiger partial charge in [-0.15, -0.1) is 0 Å². The van der Waals surface area contributed by atoms with E-state index in [4.69, 9.17) is 9.72 Å². The van der Waals surface area contributed by atoms with Gasteiger partial charge in [-0.05, 0) is 77.1 Å². The van der Waals surface area contributed by atoms with Crippen LogP contribution in [0, 0.1) is 12.8 Å². The molecule has 2 N–H and O–H groups in total. The number of aryl methyl sites for hydroxylation is 2. The SMILES string of the molecule is CC(=O)N1CCC[C@H](Cn2c(-c3cc(C)c(=O)n(C)c3)nc3ccc(CNC(C(=O)OC(C)(C)C)C(C)O)cc32)C1. The molecule has 0 bridgehead atoms. The number of carbonyl (C=O) groups is 2. The number of fused-ring (bicyclic) bond motifs is 1. The standard InChI is InChI=1S/C31H43N5O5/c1-19-13-24(18-34(7)29(19)39)28-33-25-11-10-22(15-32-27(20(2)37)30(40)41-31(4,5)6)14-26(25)36(28)17-23-9-8-12-35(16-23)21(3)38/h10-11,13-14,18,20,23,27,32,37H,8-9,12,15-17H2,1-7H3/t20?,23-,27?/m0/s1. The lowest BCUT2D eigenvalue weighted by Gasteiger charge is -2.32. The third-order valence-electron chi connectivity index (χ3n) is 7.51. The summed E-state index contributed by atoms with van der Waals surface area (Å²) >= 11 is 0. The fourth-order valence-corrected chi connectivity index (χ4v) is 5.49. The predicted octanol–water partition coefficient (Wildman–Crippen LogP) is 3.15. The van der Waals surface area contributed by atoms with Gasteiger partial charge in [-0.2, -0.15) is 0 Å². The van der Waals surface area contributed by atoms with Crippen LogP contribution in [0.3, 0.4) is 0 Å². The Balaban J connectivity index is 1.70. The van der Waals surface area contributed by atoms with E-state index >= 15 is 0 Å². The second-order valence-electron chi connectivity index (χ2n) is 12.3. The van der Waals surface area contributed by atoms with Crippen LogP contribution in [0.4, 0.5) is 0 Å². The fraction of sp³-hybridized carbons (Fsp3) is 0.548. The summed E-state index contributed by atoms with van der Waals surface area (Å²) in [5.74, 6) is 0.605. The number of esters is 1. The summed E-state index contributed by atoms with van der Waals surface area (Å²) < 4.78 is 9.27. The van der Waals surface area contributed by atoms with Crippen molar-refractivity contribution in [1.29, 1.82) is 0 Å². The van der Waals surface area contributed by atoms with E-state index in [1.54, 1.807) is 53.2 Å². The third-order valence-corrected chi connectivity index (χ3v) is 7.51. The molecule has 1 aromatic carbocycles. The molecule has 1 saturated heterocycles. The summed E-state index contributed by atoms with van der Waals surface area (Å²) in [4.78, 5) is 44.1. The Kier molecular flexibility index (Phi) is 9.03. The second-order valence-corrected chi connectivity index (χ2v) is 12.3. The fourth-order valence-electron chi connectivity index (χ4n) is 5.49. The second kappa shape index (κ2) is 12.2. The number of nitrogens with one attached hydrogen (secondary N) is 1. The van der Waals surface area contributed by atoms with Gasteiger partial charge in [0.05, 0.1) is 17.1 Å². The number of piperidine rings is 1. The molecule has 222 valence electrons. The van der Waals surface area contributed by atoms with E-state index in [1.807, 2.05) is 35.4 Å². The van der Waals surface area contributed by atoms with E-state index < -0.39 is 23.7 Å². The number of hydrogen-bond acceptors (Lipinski definition) is 7. The van der Waals surface area contributed by atoms with E-state index in [1.165, 1.54) is 0 Å². The number of rotatable bonds is 8. The maximum Gasteiger partial charge on any atom is 0.326 e. The van der Waals surface area contributed by atoms with Gasteiger partial charge < -0.3 is 23.9 Å². The van der Waals surface area contributed by atoms with Gasteiger partial charge in [0.25, 0.3) is 5.56 Å². The van der Waals surface area contributed by atoms with E-state index in [0.29, 0.717) is 25.2 Å². The van der Waals surface area contributed by atoms with Crippen molar-refractivity contribution in [3.05, 3.63) is 51.9 Å². The number of nitrogens with zero attached hydrogens (tertiary/aromatic N) is 4. The number of benzene rings is 1. The molecule has 0 radical (unpaired) electrons. The molecule has 41 heavy (non-hydrogen) atoms. The molecule has 0 saturated carbocycles. The third kappa shape index (κ3) is 7.23. The van der Waals surface area contributed by atoms with Crippen LogP contribution < -0.4 is 10.9 Å². The highest BCUT2D eigenvalue weighted by Gasteiger charge is 2.29. The van der Waals surface area contributed by atoms with Crippen LogP contribution in [-0.2, 0) is 34.5 Å². The molecule has 10 nitrogen and oxygen atoms in total. The van der Waals surface area contributed by atoms with Crippen molar-refractivity contribution in [3.63, 3.8) is 0 Å². The monoisotopic (exact) mass is 565 g/mol. The quantitative estimate of drug-likeness (QED) is 0.403. The largest absolute Gasteiger partial charge is 0.459 e. The van der Waals surface area contributed by atoms with Gasteiger partial charge in [-0.25, -0.2) is 4.98 Å². The molecule has 3 heterocycles. The molecule has 1 aliphatic rings. The van der Waals surface area contributed by atoms with E-state index in [0.717, 1.165) is 47.4 Å². The van der Waals surface area contributed by atoms with Gasteiger partial charge >= 0.3 is 5.97 Å². The Morgan fingerprint density at radius 2 is 1.98 bits per heavy atom. The lowest BCUT2D eigenvalue weighted by Crippen LogP contribution is -2.47. The molecular formula is C31H43N5O5. The van der Waals surface area contributed by atoms with Gasteiger partial charge in [0, 0.05) is 57.5 Å². The lowest BCUT2D eigenvalue weighted by atomic mass is 9.97. The van der Waals surface area contributed by atoms with Crippen LogP contribution in [-0.4, -0.2) is 66.8 Å². The van der Waals surface area contributed by atoms with Crippen molar-refractivity contribution in [2.24, 2.45) is 13.0 Å². The first-order valence-corrected chi connectivity index (χ1v) is 14.3. The zero-order valence-corrected chi connectivity index (χ0v) is 25.2. The first-order valence-electron chi connectivity index (χ1n) is 14.3. The number of hydrogen-bond donors (Lipinski definition) is 2. The number of aromatic nitrogens is 3. The maximum atomic E-state index is 12.7. The highest BCUT2D eigenvalue weighted by Crippen LogP contribution is 2.29. The number of likely N-dealkylation sites (tertiary alicyclic amines) is 1. The summed E-state index contributed by atoms with van der Waals surface area (Å²) in [5.41, 5.74) is 3.44. The van der Waals surface area contributed by atoms with Crippen LogP contribution in [0.25, 0.3) is 22.4 Å². The summed E-state index contributed by atoms with van der Waals surface area (Å²) in [5, 5.41) is 13.4. The molecule has 4 rings (SSSR count). The van der Waals surface area contributed by atoms with Gasteiger partial charge in [0.2, 0.25) is 5.91 Å². The Bertz CT molecular complexity index is 1460. The minimum Gasteiger partial charge on any atom is -0.459 e. The molecule has 1 aliphatic heterocycles. The van der Waals surface area contributed by atoms with Crippen molar-refractivity contribution in [2.75, 3.05) is 13.1 Å². The average Bonchev–Trinajstić information content (AvgIpc) is 3.23. The predicted molar refractivity (Wildman–Crippen MR) is 158 cm³/mol. The number of pyridine rings is 1. The maximum absolute atomic E-state index is 12.7. The van der Waals surface area contributed by atoms with Crippen molar-refractivity contribution in [3.8, 4) is 11.4 Å². The first-order chi connectivity index (χ1) is 19.2. The zero-order valence-electron chi connectivity index (χ0n) is 25.2. The number of imidazole rings is 1. The average molecular weight is 566 g/mol. The zero-order chi connectivity index (χ0) is 30.1. The Labute approximate surface area is 241 Å². The number of ether oxygens (including phenoxy) is 1. The van der Waals surface area contributed by atoms with Crippen molar-refractivity contribution >= 4 is 22.9 Å². The number of amides is 1. The van der Waals surface area contributed by atoms with Gasteiger partial charge in [0.1, 0.15) is 17.5 Å². The van der Waals surface area contributed by atoms with Crippen LogP contribution in [0.1, 0.15) is 58.6 Å². The Hall–Kier alpha value is -3.50. The van der Waals surface area contributed by atoms with Crippen LogP contribution in [0.15, 0.2) is 35.3 Å². The smallest absolute Gasteiger partial charge is 0.326 e. The summed E-state index contributed by atoms with van der Waals surface area (Å²) in [7, 11) is 1.74. The summed E-state index contributed by atoms with van der Waals surface area (Å²) in [6.07, 6.45) is 2.83. The highest BCUT2D eigenvalue weighted by atomic mass is 16.6. The van der Waals surface area contributed by atoms with Crippen LogP contribution in [0.2, 0.25) is 0 Å². The van der Waals surface area contributed by atoms with E-state index in [-0.39, 0.29) is 17.4 Å². The van der Waals surface area contributed by atoms with Crippen molar-refractivity contribution < 1.29 is 19.4 Å². The van der Waals surface area contributed by atoms with E-state index in [2.05, 4.69) is 9.88 Å². The molecule has 1 amide bonds. The molecule has 0 aliphatic carbocycles. The summed E-state index contributed by atoms with van der Waals surface area (Å²) in [6, 6.07) is 6.95. The molecule has 10 heteroatoms. The van der Waals surface area contributed by atoms with E-state index in [9.17, 15) is 19.5 Å². The molecule has 3 aromatic rings. The minimum absolute atomic E-state index is 0.0493. The lowest BCUT2D eigenvalue weighted by molar-refractivity contribution is -0.160. The normalized spacial score (nSPS) is 17.5. The molecule has 0 spiro atoms. The van der Waals surface area contributed by atoms with Gasteiger partial charge in [-0.3, -0.25) is 19.7 Å². The first kappa shape index (κ1) is 30.5. The molecule has 2 unspecified atom stereocenters. The summed E-state index contributed by atoms with van der Waals surface area (Å²) in [6.45, 7) is 12.8. The van der Waals surface area contributed by atoms with Crippen molar-refractivity contribution in [1.82, 2.24) is 24.3 Å². The van der Waals surface area contributed by atoms with Crippen LogP contribution >= 0.6 is 0 Å². The van der Waals surface area contributed by atoms with Crippen molar-refractivity contribution in [2.45, 2.75) is 85.2 Å². The van der Waals surface area contributed by atoms with Gasteiger partial charge in [0.15, 0.2) is 0 Å². The Morgan fingerprint density at radius 3 is 2.61 bits per heavy atom. The molecule has 3 atom stereocenters.